The maximum atomic E-state index is 10.1. The van der Waals surface area contributed by atoms with Crippen LogP contribution in [0.25, 0.3) is 0 Å². The number of halogens is 3. The van der Waals surface area contributed by atoms with Crippen LogP contribution in [0, 0.1) is 5.92 Å². The van der Waals surface area contributed by atoms with Crippen molar-refractivity contribution in [3.8, 4) is 0 Å². The molecule has 3 N–H and O–H groups in total. The Bertz CT molecular complexity index is 409. The van der Waals surface area contributed by atoms with E-state index in [1.165, 1.54) is 0 Å². The summed E-state index contributed by atoms with van der Waals surface area (Å²) >= 11 is 18.1. The van der Waals surface area contributed by atoms with Crippen LogP contribution in [-0.2, 0) is 0 Å². The quantitative estimate of drug-likeness (QED) is 0.790. The molecule has 1 aromatic rings. The van der Waals surface area contributed by atoms with E-state index in [0.717, 1.165) is 6.42 Å². The summed E-state index contributed by atoms with van der Waals surface area (Å²) in [5, 5.41) is 11.2. The molecule has 5 heteroatoms. The van der Waals surface area contributed by atoms with Crippen LogP contribution in [0.4, 0.5) is 0 Å². The minimum absolute atomic E-state index is 0.320. The van der Waals surface area contributed by atoms with Gasteiger partial charge in [0.1, 0.15) is 0 Å². The summed E-state index contributed by atoms with van der Waals surface area (Å²) < 4.78 is 0. The molecular weight excluding hydrogens is 293 g/mol. The van der Waals surface area contributed by atoms with Crippen LogP contribution < -0.4 is 5.73 Å². The molecule has 0 aliphatic rings. The van der Waals surface area contributed by atoms with E-state index in [4.69, 9.17) is 40.5 Å². The minimum atomic E-state index is -0.680. The Morgan fingerprint density at radius 2 is 1.67 bits per heavy atom. The van der Waals surface area contributed by atoms with Gasteiger partial charge >= 0.3 is 0 Å². The maximum absolute atomic E-state index is 10.1. The van der Waals surface area contributed by atoms with E-state index in [-0.39, 0.29) is 0 Å². The van der Waals surface area contributed by atoms with Crippen molar-refractivity contribution in [3.63, 3.8) is 0 Å². The molecule has 18 heavy (non-hydrogen) atoms. The molecule has 0 saturated carbocycles. The third kappa shape index (κ3) is 4.01. The van der Waals surface area contributed by atoms with Gasteiger partial charge in [0.05, 0.1) is 22.2 Å². The first-order valence-corrected chi connectivity index (χ1v) is 7.05. The van der Waals surface area contributed by atoms with E-state index in [1.807, 2.05) is 0 Å². The van der Waals surface area contributed by atoms with Gasteiger partial charge in [-0.15, -0.1) is 0 Å². The molecule has 1 aromatic carbocycles. The number of nitrogens with two attached hydrogens (primary N) is 1. The zero-order chi connectivity index (χ0) is 13.9. The molecule has 0 spiro atoms. The van der Waals surface area contributed by atoms with Gasteiger partial charge in [0, 0.05) is 10.6 Å². The monoisotopic (exact) mass is 309 g/mol. The molecule has 0 aromatic heterocycles. The molecule has 102 valence electrons. The number of aliphatic hydroxyl groups excluding tert-OH is 1. The standard InChI is InChI=1S/C13H18Cl3NO/c1-7(2)3-6-10(18)13(17)11-8(14)4-5-9(15)12(11)16/h4-5,7,10,13,18H,3,6,17H2,1-2H3/t10-,13-/m0/s1. The first-order chi connectivity index (χ1) is 8.34. The Kier molecular flexibility index (Phi) is 6.22. The molecule has 0 fully saturated rings. The van der Waals surface area contributed by atoms with Crippen LogP contribution in [-0.4, -0.2) is 11.2 Å². The van der Waals surface area contributed by atoms with E-state index in [1.54, 1.807) is 12.1 Å². The second kappa shape index (κ2) is 6.97. The summed E-state index contributed by atoms with van der Waals surface area (Å²) in [5.41, 5.74) is 6.53. The highest BCUT2D eigenvalue weighted by atomic mass is 35.5. The van der Waals surface area contributed by atoms with Gasteiger partial charge in [0.2, 0.25) is 0 Å². The summed E-state index contributed by atoms with van der Waals surface area (Å²) in [6.45, 7) is 4.19. The smallest absolute Gasteiger partial charge is 0.0734 e. The summed E-state index contributed by atoms with van der Waals surface area (Å²) in [7, 11) is 0. The predicted octanol–water partition coefficient (Wildman–Crippen LogP) is 4.44. The molecule has 1 rings (SSSR count). The largest absolute Gasteiger partial charge is 0.391 e. The van der Waals surface area contributed by atoms with Gasteiger partial charge in [0.25, 0.3) is 0 Å². The van der Waals surface area contributed by atoms with Gasteiger partial charge in [-0.3, -0.25) is 0 Å². The second-order valence-corrected chi connectivity index (χ2v) is 6.01. The van der Waals surface area contributed by atoms with Crippen molar-refractivity contribution >= 4 is 34.8 Å². The molecule has 0 radical (unpaired) electrons. The molecule has 0 unspecified atom stereocenters. The highest BCUT2D eigenvalue weighted by molar-refractivity contribution is 6.44. The fourth-order valence-electron chi connectivity index (χ4n) is 1.72. The molecule has 0 aliphatic carbocycles. The van der Waals surface area contributed by atoms with Crippen molar-refractivity contribution in [3.05, 3.63) is 32.8 Å². The van der Waals surface area contributed by atoms with Gasteiger partial charge in [0.15, 0.2) is 0 Å². The van der Waals surface area contributed by atoms with E-state index in [9.17, 15) is 5.11 Å². The Morgan fingerprint density at radius 1 is 1.11 bits per heavy atom. The lowest BCUT2D eigenvalue weighted by molar-refractivity contribution is 0.128. The first kappa shape index (κ1) is 16.1. The van der Waals surface area contributed by atoms with Gasteiger partial charge < -0.3 is 10.8 Å². The van der Waals surface area contributed by atoms with Crippen molar-refractivity contribution in [1.82, 2.24) is 0 Å². The average Bonchev–Trinajstić information content (AvgIpc) is 2.31. The highest BCUT2D eigenvalue weighted by Gasteiger charge is 2.23. The third-order valence-electron chi connectivity index (χ3n) is 2.87. The maximum Gasteiger partial charge on any atom is 0.0734 e. The fraction of sp³-hybridized carbons (Fsp3) is 0.538. The Morgan fingerprint density at radius 3 is 2.22 bits per heavy atom. The van der Waals surface area contributed by atoms with Crippen LogP contribution in [0.5, 0.6) is 0 Å². The van der Waals surface area contributed by atoms with Gasteiger partial charge in [-0.2, -0.15) is 0 Å². The first-order valence-electron chi connectivity index (χ1n) is 5.91. The highest BCUT2D eigenvalue weighted by Crippen LogP contribution is 2.36. The molecule has 2 nitrogen and oxygen atoms in total. The normalized spacial score (nSPS) is 14.9. The predicted molar refractivity (Wildman–Crippen MR) is 78.5 cm³/mol. The zero-order valence-corrected chi connectivity index (χ0v) is 12.7. The SMILES string of the molecule is CC(C)CC[C@H](O)[C@H](N)c1c(Cl)ccc(Cl)c1Cl. The fourth-order valence-corrected chi connectivity index (χ4v) is 2.51. The Hall–Kier alpha value is 0.01000. The number of rotatable bonds is 5. The van der Waals surface area contributed by atoms with Crippen LogP contribution in [0.1, 0.15) is 38.3 Å². The van der Waals surface area contributed by atoms with Gasteiger partial charge in [-0.05, 0) is 30.9 Å². The summed E-state index contributed by atoms with van der Waals surface area (Å²) in [5.74, 6) is 0.511. The molecule has 2 atom stereocenters. The van der Waals surface area contributed by atoms with Gasteiger partial charge in [-0.1, -0.05) is 48.7 Å². The van der Waals surface area contributed by atoms with E-state index >= 15 is 0 Å². The van der Waals surface area contributed by atoms with Crippen molar-refractivity contribution in [2.45, 2.75) is 38.8 Å². The Labute approximate surface area is 123 Å². The van der Waals surface area contributed by atoms with Gasteiger partial charge in [-0.25, -0.2) is 0 Å². The van der Waals surface area contributed by atoms with Crippen molar-refractivity contribution in [2.24, 2.45) is 11.7 Å². The van der Waals surface area contributed by atoms with Crippen LogP contribution in [0.2, 0.25) is 15.1 Å². The van der Waals surface area contributed by atoms with E-state index in [0.29, 0.717) is 33.0 Å². The number of hydrogen-bond acceptors (Lipinski definition) is 2. The summed E-state index contributed by atoms with van der Waals surface area (Å²) in [6, 6.07) is 2.63. The third-order valence-corrected chi connectivity index (χ3v) is 4.02. The van der Waals surface area contributed by atoms with Crippen LogP contribution >= 0.6 is 34.8 Å². The topological polar surface area (TPSA) is 46.2 Å². The average molecular weight is 311 g/mol. The summed E-state index contributed by atoms with van der Waals surface area (Å²) in [4.78, 5) is 0. The minimum Gasteiger partial charge on any atom is -0.391 e. The van der Waals surface area contributed by atoms with Crippen molar-refractivity contribution in [1.29, 1.82) is 0 Å². The second-order valence-electron chi connectivity index (χ2n) is 4.82. The molecule has 0 saturated heterocycles. The number of aliphatic hydroxyl groups is 1. The van der Waals surface area contributed by atoms with Crippen molar-refractivity contribution in [2.75, 3.05) is 0 Å². The summed E-state index contributed by atoms with van der Waals surface area (Å²) in [6.07, 6.45) is 0.823. The number of benzene rings is 1. The molecule has 0 bridgehead atoms. The lowest BCUT2D eigenvalue weighted by Gasteiger charge is -2.22. The van der Waals surface area contributed by atoms with E-state index < -0.39 is 12.1 Å². The van der Waals surface area contributed by atoms with Crippen LogP contribution in [0.15, 0.2) is 12.1 Å². The van der Waals surface area contributed by atoms with Crippen molar-refractivity contribution < 1.29 is 5.11 Å². The lowest BCUT2D eigenvalue weighted by atomic mass is 9.96. The molecule has 0 amide bonds. The van der Waals surface area contributed by atoms with E-state index in [2.05, 4.69) is 13.8 Å². The molecule has 0 aliphatic heterocycles. The van der Waals surface area contributed by atoms with Crippen LogP contribution in [0.3, 0.4) is 0 Å². The zero-order valence-electron chi connectivity index (χ0n) is 10.5. The number of hydrogen-bond donors (Lipinski definition) is 2. The Balaban J connectivity index is 2.89. The molecular formula is C13H18Cl3NO. The molecule has 0 heterocycles. The lowest BCUT2D eigenvalue weighted by Crippen LogP contribution is -2.27.